The molecule has 132 valence electrons. The number of nitrogens with zero attached hydrogens (tertiary/aromatic N) is 1. The highest BCUT2D eigenvalue weighted by Gasteiger charge is 2.64. The summed E-state index contributed by atoms with van der Waals surface area (Å²) in [5.41, 5.74) is -0.537. The molecule has 0 bridgehead atoms. The van der Waals surface area contributed by atoms with Crippen LogP contribution in [0.3, 0.4) is 0 Å². The minimum Gasteiger partial charge on any atom is -0.466 e. The number of amides is 1. The summed E-state index contributed by atoms with van der Waals surface area (Å²) in [6, 6.07) is 0.0411. The summed E-state index contributed by atoms with van der Waals surface area (Å²) < 4.78 is 15.8. The molecule has 0 aromatic heterocycles. The Labute approximate surface area is 138 Å². The van der Waals surface area contributed by atoms with E-state index in [9.17, 15) is 9.59 Å². The molecule has 6 heteroatoms. The Morgan fingerprint density at radius 2 is 1.91 bits per heavy atom. The molecule has 6 nitrogen and oxygen atoms in total. The molecule has 0 heterocycles. The number of carbonyl (C=O) groups excluding carboxylic acids is 2. The maximum absolute atomic E-state index is 12.6. The van der Waals surface area contributed by atoms with Crippen LogP contribution in [0.15, 0.2) is 0 Å². The second-order valence-electron chi connectivity index (χ2n) is 7.33. The lowest BCUT2D eigenvalue weighted by Gasteiger charge is -2.32. The molecule has 2 saturated carbocycles. The summed E-state index contributed by atoms with van der Waals surface area (Å²) in [5, 5.41) is 0. The van der Waals surface area contributed by atoms with E-state index in [-0.39, 0.29) is 29.9 Å². The van der Waals surface area contributed by atoms with Crippen molar-refractivity contribution >= 4 is 12.1 Å². The van der Waals surface area contributed by atoms with Gasteiger partial charge in [-0.1, -0.05) is 0 Å². The van der Waals surface area contributed by atoms with E-state index >= 15 is 0 Å². The highest BCUT2D eigenvalue weighted by Crippen LogP contribution is 2.59. The molecule has 2 rings (SSSR count). The Balaban J connectivity index is 2.04. The molecule has 2 fully saturated rings. The molecule has 4 atom stereocenters. The first-order valence-corrected chi connectivity index (χ1v) is 8.45. The van der Waals surface area contributed by atoms with Crippen LogP contribution in [0.4, 0.5) is 4.79 Å². The summed E-state index contributed by atoms with van der Waals surface area (Å²) in [6.07, 6.45) is 1.55. The van der Waals surface area contributed by atoms with E-state index in [2.05, 4.69) is 0 Å². The van der Waals surface area contributed by atoms with Crippen LogP contribution >= 0.6 is 0 Å². The quantitative estimate of drug-likeness (QED) is 0.701. The molecular formula is C17H29NO5. The van der Waals surface area contributed by atoms with Gasteiger partial charge in [0.05, 0.1) is 19.1 Å². The van der Waals surface area contributed by atoms with E-state index in [1.54, 1.807) is 12.0 Å². The minimum absolute atomic E-state index is 0.0411. The Morgan fingerprint density at radius 3 is 2.48 bits per heavy atom. The average Bonchev–Trinajstić information content (AvgIpc) is 3.01. The van der Waals surface area contributed by atoms with E-state index in [0.717, 1.165) is 12.8 Å². The molecule has 2 aliphatic carbocycles. The molecule has 0 radical (unpaired) electrons. The van der Waals surface area contributed by atoms with Gasteiger partial charge in [0.1, 0.15) is 5.60 Å². The van der Waals surface area contributed by atoms with Crippen LogP contribution in [0.1, 0.15) is 40.5 Å². The lowest BCUT2D eigenvalue weighted by atomic mass is 10.1. The van der Waals surface area contributed by atoms with Gasteiger partial charge in [-0.15, -0.1) is 0 Å². The van der Waals surface area contributed by atoms with Crippen LogP contribution in [0, 0.1) is 17.8 Å². The van der Waals surface area contributed by atoms with Crippen LogP contribution < -0.4 is 0 Å². The van der Waals surface area contributed by atoms with E-state index in [1.165, 1.54) is 0 Å². The van der Waals surface area contributed by atoms with Crippen molar-refractivity contribution in [3.05, 3.63) is 0 Å². The van der Waals surface area contributed by atoms with Gasteiger partial charge < -0.3 is 19.1 Å². The number of methoxy groups -OCH3 is 1. The van der Waals surface area contributed by atoms with Gasteiger partial charge >= 0.3 is 12.1 Å². The second-order valence-corrected chi connectivity index (χ2v) is 7.33. The topological polar surface area (TPSA) is 65.1 Å². The van der Waals surface area contributed by atoms with Crippen LogP contribution in [-0.2, 0) is 19.0 Å². The van der Waals surface area contributed by atoms with Gasteiger partial charge in [0, 0.05) is 19.7 Å². The number of esters is 1. The van der Waals surface area contributed by atoms with Crippen molar-refractivity contribution in [3.8, 4) is 0 Å². The average molecular weight is 327 g/mol. The van der Waals surface area contributed by atoms with Crippen LogP contribution in [0.5, 0.6) is 0 Å². The van der Waals surface area contributed by atoms with Crippen molar-refractivity contribution in [2.75, 3.05) is 26.9 Å². The summed E-state index contributed by atoms with van der Waals surface area (Å²) in [7, 11) is 1.61. The maximum atomic E-state index is 12.6. The normalized spacial score (nSPS) is 28.9. The lowest BCUT2D eigenvalue weighted by molar-refractivity contribution is -0.145. The highest BCUT2D eigenvalue weighted by atomic mass is 16.6. The Morgan fingerprint density at radius 1 is 1.22 bits per heavy atom. The molecule has 0 saturated heterocycles. The first-order chi connectivity index (χ1) is 10.8. The van der Waals surface area contributed by atoms with Gasteiger partial charge in [-0.05, 0) is 52.4 Å². The molecule has 0 unspecified atom stereocenters. The summed E-state index contributed by atoms with van der Waals surface area (Å²) >= 11 is 0. The molecule has 1 amide bonds. The first-order valence-electron chi connectivity index (χ1n) is 8.45. The minimum atomic E-state index is -0.537. The first kappa shape index (κ1) is 18.0. The predicted molar refractivity (Wildman–Crippen MR) is 84.9 cm³/mol. The monoisotopic (exact) mass is 327 g/mol. The molecule has 0 N–H and O–H groups in total. The third kappa shape index (κ3) is 4.16. The van der Waals surface area contributed by atoms with Gasteiger partial charge in [-0.25, -0.2) is 4.79 Å². The zero-order chi connectivity index (χ0) is 17.2. The second kappa shape index (κ2) is 7.07. The van der Waals surface area contributed by atoms with Crippen molar-refractivity contribution in [2.24, 2.45) is 17.8 Å². The SMILES string of the molecule is CCOC(=O)[C@H]1[C@@H]2CC[C@@H](N(CCOC)C(=O)OC(C)(C)C)[C@@H]21. The molecule has 2 aliphatic rings. The van der Waals surface area contributed by atoms with E-state index in [0.29, 0.717) is 25.7 Å². The maximum Gasteiger partial charge on any atom is 0.410 e. The molecule has 0 aromatic carbocycles. The number of hydrogen-bond donors (Lipinski definition) is 0. The molecule has 0 aliphatic heterocycles. The van der Waals surface area contributed by atoms with Gasteiger partial charge in [0.25, 0.3) is 0 Å². The van der Waals surface area contributed by atoms with E-state index in [1.807, 2.05) is 27.7 Å². The van der Waals surface area contributed by atoms with Crippen molar-refractivity contribution in [1.82, 2.24) is 4.90 Å². The Bertz CT molecular complexity index is 445. The smallest absolute Gasteiger partial charge is 0.410 e. The number of fused-ring (bicyclic) bond motifs is 1. The van der Waals surface area contributed by atoms with E-state index < -0.39 is 5.60 Å². The van der Waals surface area contributed by atoms with Crippen LogP contribution in [-0.4, -0.2) is 55.5 Å². The van der Waals surface area contributed by atoms with Crippen molar-refractivity contribution in [3.63, 3.8) is 0 Å². The third-order valence-corrected chi connectivity index (χ3v) is 4.59. The molecule has 0 aromatic rings. The predicted octanol–water partition coefficient (Wildman–Crippen LogP) is 2.46. The summed E-state index contributed by atoms with van der Waals surface area (Å²) in [6.45, 7) is 8.73. The highest BCUT2D eigenvalue weighted by molar-refractivity contribution is 5.77. The largest absolute Gasteiger partial charge is 0.466 e. The molecule has 0 spiro atoms. The Kier molecular flexibility index (Phi) is 5.55. The molecule has 23 heavy (non-hydrogen) atoms. The summed E-state index contributed by atoms with van der Waals surface area (Å²) in [4.78, 5) is 26.3. The third-order valence-electron chi connectivity index (χ3n) is 4.59. The standard InChI is InChI=1S/C17H29NO5/c1-6-22-15(19)14-11-7-8-12(13(11)14)18(9-10-21-5)16(20)23-17(2,3)4/h11-14H,6-10H2,1-5H3/t11-,12-,13-,14+/m1/s1. The number of rotatable bonds is 6. The van der Waals surface area contributed by atoms with Crippen LogP contribution in [0.25, 0.3) is 0 Å². The Hall–Kier alpha value is -1.30. The van der Waals surface area contributed by atoms with Crippen LogP contribution in [0.2, 0.25) is 0 Å². The van der Waals surface area contributed by atoms with Crippen molar-refractivity contribution in [2.45, 2.75) is 52.2 Å². The van der Waals surface area contributed by atoms with Gasteiger partial charge in [-0.3, -0.25) is 4.79 Å². The summed E-state index contributed by atoms with van der Waals surface area (Å²) in [5.74, 6) is 0.384. The fourth-order valence-corrected chi connectivity index (χ4v) is 3.69. The zero-order valence-corrected chi connectivity index (χ0v) is 14.8. The number of carbonyl (C=O) groups is 2. The fourth-order valence-electron chi connectivity index (χ4n) is 3.69. The van der Waals surface area contributed by atoms with Crippen molar-refractivity contribution < 1.29 is 23.8 Å². The molecular weight excluding hydrogens is 298 g/mol. The van der Waals surface area contributed by atoms with Gasteiger partial charge in [0.2, 0.25) is 0 Å². The van der Waals surface area contributed by atoms with Crippen molar-refractivity contribution in [1.29, 1.82) is 0 Å². The van der Waals surface area contributed by atoms with Gasteiger partial charge in [-0.2, -0.15) is 0 Å². The zero-order valence-electron chi connectivity index (χ0n) is 14.8. The fraction of sp³-hybridized carbons (Fsp3) is 0.882. The number of hydrogen-bond acceptors (Lipinski definition) is 5. The number of ether oxygens (including phenoxy) is 3. The van der Waals surface area contributed by atoms with E-state index in [4.69, 9.17) is 14.2 Å². The van der Waals surface area contributed by atoms with Gasteiger partial charge in [0.15, 0.2) is 0 Å². The lowest BCUT2D eigenvalue weighted by Crippen LogP contribution is -2.45.